The predicted molar refractivity (Wildman–Crippen MR) is 116 cm³/mol. The van der Waals surface area contributed by atoms with Crippen LogP contribution in [0.5, 0.6) is 0 Å². The second kappa shape index (κ2) is 10.9. The van der Waals surface area contributed by atoms with Crippen LogP contribution in [0, 0.1) is 0 Å². The molecular formula is C24H21O3P. The summed E-state index contributed by atoms with van der Waals surface area (Å²) in [4.78, 5) is 30.4. The second-order valence-electron chi connectivity index (χ2n) is 5.93. The topological polar surface area (TPSA) is 51.2 Å². The van der Waals surface area contributed by atoms with Gasteiger partial charge in [0.15, 0.2) is 11.6 Å². The standard InChI is InChI=1S/C18H15P.C6H6O3/c1-4-10-16(11-5-1)19(17-12-6-2-7-13-17)18-14-8-3-9-15-18;1-4(8)6(3-7)5(2)9/h1-15H;1-2H3. The molecule has 0 amide bonds. The molecule has 0 bridgehead atoms. The molecule has 0 aliphatic rings. The van der Waals surface area contributed by atoms with Crippen molar-refractivity contribution in [2.45, 2.75) is 13.8 Å². The summed E-state index contributed by atoms with van der Waals surface area (Å²) in [6.45, 7) is 2.31. The first-order valence-corrected chi connectivity index (χ1v) is 10.1. The molecule has 0 atom stereocenters. The van der Waals surface area contributed by atoms with Crippen molar-refractivity contribution >= 4 is 41.3 Å². The van der Waals surface area contributed by atoms with Crippen molar-refractivity contribution in [1.82, 2.24) is 0 Å². The maximum Gasteiger partial charge on any atom is 0.174 e. The highest BCUT2D eigenvalue weighted by Gasteiger charge is 2.15. The fourth-order valence-electron chi connectivity index (χ4n) is 2.57. The summed E-state index contributed by atoms with van der Waals surface area (Å²) in [6, 6.07) is 32.3. The van der Waals surface area contributed by atoms with Crippen molar-refractivity contribution < 1.29 is 14.4 Å². The van der Waals surface area contributed by atoms with Crippen LogP contribution in [0.25, 0.3) is 0 Å². The van der Waals surface area contributed by atoms with Crippen LogP contribution in [-0.4, -0.2) is 17.5 Å². The molecule has 0 aliphatic heterocycles. The van der Waals surface area contributed by atoms with Gasteiger partial charge in [-0.2, -0.15) is 0 Å². The zero-order chi connectivity index (χ0) is 20.4. The van der Waals surface area contributed by atoms with Gasteiger partial charge in [0.25, 0.3) is 0 Å². The number of carbonyl (C=O) groups is 2. The number of Topliss-reactive ketones (excluding diaryl/α,β-unsaturated/α-hetero) is 2. The Morgan fingerprint density at radius 1 is 0.607 bits per heavy atom. The SMILES string of the molecule is CC(=O)C(=C=O)C(C)=O.c1ccc(P(c2ccccc2)c2ccccc2)cc1. The van der Waals surface area contributed by atoms with Crippen LogP contribution in [0.3, 0.4) is 0 Å². The van der Waals surface area contributed by atoms with E-state index in [4.69, 9.17) is 0 Å². The second-order valence-corrected chi connectivity index (χ2v) is 8.15. The van der Waals surface area contributed by atoms with Crippen LogP contribution in [0.1, 0.15) is 13.8 Å². The van der Waals surface area contributed by atoms with Crippen LogP contribution in [0.4, 0.5) is 0 Å². The van der Waals surface area contributed by atoms with Crippen molar-refractivity contribution in [2.75, 3.05) is 0 Å². The van der Waals surface area contributed by atoms with E-state index in [0.717, 1.165) is 13.8 Å². The number of benzene rings is 3. The summed E-state index contributed by atoms with van der Waals surface area (Å²) in [6.07, 6.45) is 0. The van der Waals surface area contributed by atoms with Gasteiger partial charge >= 0.3 is 0 Å². The van der Waals surface area contributed by atoms with E-state index in [2.05, 4.69) is 91.0 Å². The first-order chi connectivity index (χ1) is 13.5. The van der Waals surface area contributed by atoms with Gasteiger partial charge in [-0.15, -0.1) is 0 Å². The molecule has 0 radical (unpaired) electrons. The number of carbonyl (C=O) groups excluding carboxylic acids is 3. The van der Waals surface area contributed by atoms with Crippen molar-refractivity contribution in [1.29, 1.82) is 0 Å². The third kappa shape index (κ3) is 5.96. The van der Waals surface area contributed by atoms with Crippen LogP contribution in [0.15, 0.2) is 96.6 Å². The van der Waals surface area contributed by atoms with Gasteiger partial charge in [-0.05, 0) is 23.8 Å². The Morgan fingerprint density at radius 2 is 0.893 bits per heavy atom. The van der Waals surface area contributed by atoms with Crippen molar-refractivity contribution in [2.24, 2.45) is 0 Å². The Hall–Kier alpha value is -3.12. The maximum atomic E-state index is 10.3. The minimum atomic E-state index is -0.530. The van der Waals surface area contributed by atoms with E-state index in [-0.39, 0.29) is 0 Å². The van der Waals surface area contributed by atoms with Gasteiger partial charge in [-0.3, -0.25) is 9.59 Å². The number of rotatable bonds is 5. The lowest BCUT2D eigenvalue weighted by atomic mass is 10.1. The zero-order valence-electron chi connectivity index (χ0n) is 15.8. The Balaban J connectivity index is 0.000000266. The summed E-state index contributed by atoms with van der Waals surface area (Å²) in [7, 11) is -0.446. The van der Waals surface area contributed by atoms with Gasteiger partial charge in [-0.1, -0.05) is 91.0 Å². The molecule has 0 aromatic heterocycles. The molecule has 0 unspecified atom stereocenters. The highest BCUT2D eigenvalue weighted by atomic mass is 31.1. The van der Waals surface area contributed by atoms with Crippen LogP contribution in [-0.2, 0) is 14.4 Å². The van der Waals surface area contributed by atoms with E-state index in [1.54, 1.807) is 0 Å². The molecule has 0 saturated heterocycles. The number of hydrogen-bond donors (Lipinski definition) is 0. The number of ketones is 2. The molecule has 140 valence electrons. The predicted octanol–water partition coefficient (Wildman–Crippen LogP) is 3.37. The average molecular weight is 388 g/mol. The van der Waals surface area contributed by atoms with Gasteiger partial charge in [0.1, 0.15) is 11.5 Å². The average Bonchev–Trinajstić information content (AvgIpc) is 2.71. The Kier molecular flexibility index (Phi) is 8.24. The van der Waals surface area contributed by atoms with Crippen LogP contribution < -0.4 is 15.9 Å². The third-order valence-corrected chi connectivity index (χ3v) is 6.29. The van der Waals surface area contributed by atoms with Gasteiger partial charge < -0.3 is 0 Å². The minimum Gasteiger partial charge on any atom is -0.294 e. The maximum absolute atomic E-state index is 10.3. The molecule has 0 N–H and O–H groups in total. The van der Waals surface area contributed by atoms with E-state index < -0.39 is 25.1 Å². The molecule has 4 heteroatoms. The lowest BCUT2D eigenvalue weighted by Gasteiger charge is -2.18. The lowest BCUT2D eigenvalue weighted by Crippen LogP contribution is -2.20. The highest BCUT2D eigenvalue weighted by molar-refractivity contribution is 7.79. The lowest BCUT2D eigenvalue weighted by molar-refractivity contribution is -0.119. The monoisotopic (exact) mass is 388 g/mol. The third-order valence-electron chi connectivity index (χ3n) is 3.85. The van der Waals surface area contributed by atoms with Gasteiger partial charge in [0.05, 0.1) is 0 Å². The molecule has 3 nitrogen and oxygen atoms in total. The molecule has 3 aromatic rings. The molecule has 0 fully saturated rings. The van der Waals surface area contributed by atoms with Gasteiger partial charge in [-0.25, -0.2) is 4.79 Å². The van der Waals surface area contributed by atoms with Crippen LogP contribution in [0.2, 0.25) is 0 Å². The Morgan fingerprint density at radius 3 is 1.07 bits per heavy atom. The molecule has 28 heavy (non-hydrogen) atoms. The van der Waals surface area contributed by atoms with Crippen LogP contribution >= 0.6 is 7.92 Å². The minimum absolute atomic E-state index is 0.394. The summed E-state index contributed by atoms with van der Waals surface area (Å²) in [5, 5.41) is 4.19. The first-order valence-electron chi connectivity index (χ1n) is 8.77. The largest absolute Gasteiger partial charge is 0.294 e. The van der Waals surface area contributed by atoms with Crippen molar-refractivity contribution in [3.8, 4) is 0 Å². The quantitative estimate of drug-likeness (QED) is 0.221. The zero-order valence-corrected chi connectivity index (χ0v) is 16.7. The first kappa shape index (κ1) is 21.2. The summed E-state index contributed by atoms with van der Waals surface area (Å²) in [5.74, 6) is 0.208. The fraction of sp³-hybridized carbons (Fsp3) is 0.0833. The molecule has 0 aliphatic carbocycles. The van der Waals surface area contributed by atoms with Crippen molar-refractivity contribution in [3.05, 3.63) is 96.6 Å². The van der Waals surface area contributed by atoms with E-state index in [1.807, 2.05) is 0 Å². The van der Waals surface area contributed by atoms with E-state index in [1.165, 1.54) is 21.9 Å². The number of allylic oxidation sites excluding steroid dienone is 1. The molecule has 0 saturated carbocycles. The van der Waals surface area contributed by atoms with Crippen molar-refractivity contribution in [3.63, 3.8) is 0 Å². The highest BCUT2D eigenvalue weighted by Crippen LogP contribution is 2.32. The molecule has 3 rings (SSSR count). The summed E-state index contributed by atoms with van der Waals surface area (Å²) >= 11 is 0. The Bertz CT molecular complexity index is 851. The van der Waals surface area contributed by atoms with Gasteiger partial charge in [0, 0.05) is 13.8 Å². The Labute approximate surface area is 166 Å². The molecule has 0 heterocycles. The fourth-order valence-corrected chi connectivity index (χ4v) is 4.88. The summed E-state index contributed by atoms with van der Waals surface area (Å²) < 4.78 is 0. The normalized spacial score (nSPS) is 9.68. The van der Waals surface area contributed by atoms with E-state index in [9.17, 15) is 14.4 Å². The van der Waals surface area contributed by atoms with E-state index >= 15 is 0 Å². The van der Waals surface area contributed by atoms with Gasteiger partial charge in [0.2, 0.25) is 0 Å². The molecule has 0 spiro atoms. The molecule has 3 aromatic carbocycles. The smallest absolute Gasteiger partial charge is 0.174 e. The number of hydrogen-bond acceptors (Lipinski definition) is 3. The summed E-state index contributed by atoms with van der Waals surface area (Å²) in [5.41, 5.74) is -0.394. The van der Waals surface area contributed by atoms with E-state index in [0.29, 0.717) is 0 Å². The molecular weight excluding hydrogens is 367 g/mol.